The maximum Gasteiger partial charge on any atom is 0.319 e. The molecule has 0 atom stereocenters. The first kappa shape index (κ1) is 23.1. The zero-order valence-electron chi connectivity index (χ0n) is 19.3. The Morgan fingerprint density at radius 1 is 1.24 bits per heavy atom. The maximum atomic E-state index is 13.1. The number of ether oxygens (including phenoxy) is 2. The first-order valence-corrected chi connectivity index (χ1v) is 11.0. The molecule has 0 aliphatic carbocycles. The minimum absolute atomic E-state index is 0.0296. The van der Waals surface area contributed by atoms with E-state index in [1.807, 2.05) is 11.0 Å². The fourth-order valence-electron chi connectivity index (χ4n) is 4.05. The Balaban J connectivity index is 1.42. The number of nitrogens with one attached hydrogen (secondary N) is 2. The molecule has 3 aromatic rings. The SMILES string of the molecule is C=CCn1c(=O)c(N2CCC(NC(=O)Nc3ccc(OC)cc3OC)CC2)nc2cccnc21. The van der Waals surface area contributed by atoms with Crippen molar-refractivity contribution in [1.29, 1.82) is 0 Å². The summed E-state index contributed by atoms with van der Waals surface area (Å²) in [4.78, 5) is 36.5. The fraction of sp³-hybridized carbons (Fsp3) is 0.333. The molecule has 0 saturated carbocycles. The third kappa shape index (κ3) is 4.80. The van der Waals surface area contributed by atoms with Gasteiger partial charge in [0.25, 0.3) is 5.56 Å². The van der Waals surface area contributed by atoms with Crippen LogP contribution >= 0.6 is 0 Å². The number of benzene rings is 1. The molecule has 2 aromatic heterocycles. The lowest BCUT2D eigenvalue weighted by Crippen LogP contribution is -2.47. The highest BCUT2D eigenvalue weighted by Crippen LogP contribution is 2.29. The molecule has 1 fully saturated rings. The summed E-state index contributed by atoms with van der Waals surface area (Å²) in [6.45, 7) is 5.30. The fourth-order valence-corrected chi connectivity index (χ4v) is 4.05. The molecular weight excluding hydrogens is 436 g/mol. The quantitative estimate of drug-likeness (QED) is 0.517. The number of pyridine rings is 1. The van der Waals surface area contributed by atoms with E-state index in [9.17, 15) is 9.59 Å². The highest BCUT2D eigenvalue weighted by molar-refractivity contribution is 5.91. The number of anilines is 2. The van der Waals surface area contributed by atoms with Crippen LogP contribution in [0.15, 0.2) is 54.0 Å². The Labute approximate surface area is 197 Å². The summed E-state index contributed by atoms with van der Waals surface area (Å²) in [5.41, 5.74) is 1.56. The second kappa shape index (κ2) is 10.2. The van der Waals surface area contributed by atoms with Crippen molar-refractivity contribution >= 4 is 28.7 Å². The molecule has 2 amide bonds. The molecule has 3 heterocycles. The number of nitrogens with zero attached hydrogens (tertiary/aromatic N) is 4. The van der Waals surface area contributed by atoms with Crippen molar-refractivity contribution in [2.45, 2.75) is 25.4 Å². The smallest absolute Gasteiger partial charge is 0.319 e. The number of hydrogen-bond donors (Lipinski definition) is 2. The number of aromatic nitrogens is 3. The summed E-state index contributed by atoms with van der Waals surface area (Å²) in [5.74, 6) is 1.55. The average molecular weight is 465 g/mol. The van der Waals surface area contributed by atoms with Gasteiger partial charge < -0.3 is 25.0 Å². The number of carbonyl (C=O) groups is 1. The maximum absolute atomic E-state index is 13.1. The van der Waals surface area contributed by atoms with Crippen molar-refractivity contribution in [2.24, 2.45) is 0 Å². The molecule has 2 N–H and O–H groups in total. The van der Waals surface area contributed by atoms with E-state index in [-0.39, 0.29) is 17.6 Å². The van der Waals surface area contributed by atoms with Crippen LogP contribution in [0.3, 0.4) is 0 Å². The standard InChI is InChI=1S/C24H28N6O4/c1-4-12-30-21-19(6-5-11-25-21)27-22(23(30)31)29-13-9-16(10-14-29)26-24(32)28-18-8-7-17(33-2)15-20(18)34-3/h4-8,11,15-16H,1,9-10,12-14H2,2-3H3,(H2,26,28,32). The van der Waals surface area contributed by atoms with Gasteiger partial charge in [-0.15, -0.1) is 6.58 Å². The number of allylic oxidation sites excluding steroid dienone is 1. The zero-order valence-corrected chi connectivity index (χ0v) is 19.3. The summed E-state index contributed by atoms with van der Waals surface area (Å²) in [6.07, 6.45) is 4.68. The van der Waals surface area contributed by atoms with Crippen molar-refractivity contribution in [2.75, 3.05) is 37.5 Å². The van der Waals surface area contributed by atoms with Crippen molar-refractivity contribution in [3.63, 3.8) is 0 Å². The molecule has 1 aliphatic heterocycles. The van der Waals surface area contributed by atoms with Crippen molar-refractivity contribution in [3.8, 4) is 11.5 Å². The molecular formula is C24H28N6O4. The van der Waals surface area contributed by atoms with Crippen molar-refractivity contribution < 1.29 is 14.3 Å². The van der Waals surface area contributed by atoms with Crippen LogP contribution in [0.25, 0.3) is 11.2 Å². The zero-order chi connectivity index (χ0) is 24.1. The summed E-state index contributed by atoms with van der Waals surface area (Å²) >= 11 is 0. The molecule has 1 aliphatic rings. The van der Waals surface area contributed by atoms with Gasteiger partial charge in [0, 0.05) is 37.9 Å². The van der Waals surface area contributed by atoms with Gasteiger partial charge in [-0.1, -0.05) is 6.08 Å². The minimum Gasteiger partial charge on any atom is -0.497 e. The predicted octanol–water partition coefficient (Wildman–Crippen LogP) is 2.79. The Morgan fingerprint density at radius 2 is 2.03 bits per heavy atom. The van der Waals surface area contributed by atoms with Gasteiger partial charge in [0.15, 0.2) is 11.5 Å². The lowest BCUT2D eigenvalue weighted by Gasteiger charge is -2.33. The van der Waals surface area contributed by atoms with Gasteiger partial charge >= 0.3 is 6.03 Å². The van der Waals surface area contributed by atoms with Crippen LogP contribution in [-0.4, -0.2) is 53.9 Å². The van der Waals surface area contributed by atoms with E-state index < -0.39 is 0 Å². The van der Waals surface area contributed by atoms with Gasteiger partial charge in [0.2, 0.25) is 0 Å². The van der Waals surface area contributed by atoms with Crippen LogP contribution in [0.4, 0.5) is 16.3 Å². The molecule has 10 nitrogen and oxygen atoms in total. The van der Waals surface area contributed by atoms with Crippen molar-refractivity contribution in [3.05, 3.63) is 59.5 Å². The number of carbonyl (C=O) groups excluding carboxylic acids is 1. The highest BCUT2D eigenvalue weighted by Gasteiger charge is 2.25. The lowest BCUT2D eigenvalue weighted by molar-refractivity contribution is 0.245. The van der Waals surface area contributed by atoms with Crippen LogP contribution in [0.5, 0.6) is 11.5 Å². The number of amides is 2. The first-order chi connectivity index (χ1) is 16.5. The van der Waals surface area contributed by atoms with Gasteiger partial charge in [0.1, 0.15) is 17.0 Å². The first-order valence-electron chi connectivity index (χ1n) is 11.0. The third-order valence-electron chi connectivity index (χ3n) is 5.78. The molecule has 1 aromatic carbocycles. The van der Waals surface area contributed by atoms with Crippen LogP contribution in [-0.2, 0) is 6.54 Å². The van der Waals surface area contributed by atoms with E-state index >= 15 is 0 Å². The average Bonchev–Trinajstić information content (AvgIpc) is 2.86. The number of urea groups is 1. The van der Waals surface area contributed by atoms with E-state index in [1.165, 1.54) is 7.11 Å². The molecule has 0 bridgehead atoms. The van der Waals surface area contributed by atoms with Gasteiger partial charge in [-0.2, -0.15) is 0 Å². The van der Waals surface area contributed by atoms with Gasteiger partial charge in [0.05, 0.1) is 19.9 Å². The second-order valence-corrected chi connectivity index (χ2v) is 7.91. The van der Waals surface area contributed by atoms with E-state index in [1.54, 1.807) is 48.2 Å². The predicted molar refractivity (Wildman–Crippen MR) is 131 cm³/mol. The van der Waals surface area contributed by atoms with Gasteiger partial charge in [-0.05, 0) is 37.1 Å². The molecule has 34 heavy (non-hydrogen) atoms. The summed E-state index contributed by atoms with van der Waals surface area (Å²) < 4.78 is 12.1. The normalized spacial score (nSPS) is 14.0. The Kier molecular flexibility index (Phi) is 6.95. The summed E-state index contributed by atoms with van der Waals surface area (Å²) in [6, 6.07) is 8.49. The Bertz CT molecular complexity index is 1250. The minimum atomic E-state index is -0.315. The molecule has 10 heteroatoms. The second-order valence-electron chi connectivity index (χ2n) is 7.91. The third-order valence-corrected chi connectivity index (χ3v) is 5.78. The van der Waals surface area contributed by atoms with Crippen LogP contribution in [0.1, 0.15) is 12.8 Å². The number of rotatable bonds is 7. The monoisotopic (exact) mass is 464 g/mol. The molecule has 4 rings (SSSR count). The van der Waals surface area contributed by atoms with E-state index in [0.29, 0.717) is 66.6 Å². The Hall–Kier alpha value is -4.08. The summed E-state index contributed by atoms with van der Waals surface area (Å²) in [7, 11) is 3.10. The van der Waals surface area contributed by atoms with Crippen LogP contribution < -0.4 is 30.6 Å². The molecule has 0 radical (unpaired) electrons. The van der Waals surface area contributed by atoms with Gasteiger partial charge in [-0.25, -0.2) is 14.8 Å². The topological polar surface area (TPSA) is 111 Å². The van der Waals surface area contributed by atoms with Crippen molar-refractivity contribution in [1.82, 2.24) is 19.9 Å². The number of piperidine rings is 1. The molecule has 1 saturated heterocycles. The summed E-state index contributed by atoms with van der Waals surface area (Å²) in [5, 5.41) is 5.83. The van der Waals surface area contributed by atoms with E-state index in [0.717, 1.165) is 0 Å². The van der Waals surface area contributed by atoms with E-state index in [2.05, 4.69) is 27.2 Å². The number of hydrogen-bond acceptors (Lipinski definition) is 7. The number of methoxy groups -OCH3 is 2. The molecule has 178 valence electrons. The van der Waals surface area contributed by atoms with E-state index in [4.69, 9.17) is 9.47 Å². The largest absolute Gasteiger partial charge is 0.497 e. The van der Waals surface area contributed by atoms with Gasteiger partial charge in [-0.3, -0.25) is 9.36 Å². The highest BCUT2D eigenvalue weighted by atomic mass is 16.5. The Morgan fingerprint density at radius 3 is 2.74 bits per heavy atom. The molecule has 0 unspecified atom stereocenters. The molecule has 0 spiro atoms. The number of fused-ring (bicyclic) bond motifs is 1. The lowest BCUT2D eigenvalue weighted by atomic mass is 10.1. The van der Waals surface area contributed by atoms with Crippen LogP contribution in [0.2, 0.25) is 0 Å². The van der Waals surface area contributed by atoms with Crippen LogP contribution in [0, 0.1) is 0 Å².